The molecule has 0 saturated heterocycles. The van der Waals surface area contributed by atoms with E-state index in [0.717, 1.165) is 24.2 Å². The largest absolute Gasteiger partial charge is 0.481 e. The minimum atomic E-state index is -0.816. The number of nitrogens with one attached hydrogen (secondary N) is 2. The molecule has 76 valence electrons. The Morgan fingerprint density at radius 2 is 2.14 bits per heavy atom. The maximum absolute atomic E-state index is 11.0. The predicted octanol–water partition coefficient (Wildman–Crippen LogP) is 0.518. The normalized spacial score (nSPS) is 18.1. The Morgan fingerprint density at radius 3 is 2.50 bits per heavy atom. The van der Waals surface area contributed by atoms with Gasteiger partial charge in [0.2, 0.25) is 0 Å². The van der Waals surface area contributed by atoms with Gasteiger partial charge in [0.1, 0.15) is 0 Å². The van der Waals surface area contributed by atoms with E-state index in [9.17, 15) is 9.59 Å². The first-order valence-electron chi connectivity index (χ1n) is 4.55. The number of aromatic nitrogens is 2. The molecule has 0 radical (unpaired) electrons. The van der Waals surface area contributed by atoms with Crippen LogP contribution in [0.25, 0.3) is 0 Å². The van der Waals surface area contributed by atoms with Gasteiger partial charge in [-0.25, -0.2) is 4.79 Å². The number of aliphatic carboxylic acids is 1. The molecule has 1 heterocycles. The summed E-state index contributed by atoms with van der Waals surface area (Å²) in [4.78, 5) is 27.0. The van der Waals surface area contributed by atoms with Gasteiger partial charge in [-0.2, -0.15) is 0 Å². The quantitative estimate of drug-likeness (QED) is 0.658. The fourth-order valence-corrected chi connectivity index (χ4v) is 1.96. The van der Waals surface area contributed by atoms with Gasteiger partial charge in [0.05, 0.1) is 6.42 Å². The summed E-state index contributed by atoms with van der Waals surface area (Å²) in [6.07, 6.45) is 1.78. The van der Waals surface area contributed by atoms with Gasteiger partial charge in [-0.15, -0.1) is 0 Å². The molecule has 1 saturated carbocycles. The number of H-pyrrole nitrogens is 2. The van der Waals surface area contributed by atoms with Gasteiger partial charge >= 0.3 is 11.7 Å². The van der Waals surface area contributed by atoms with Crippen molar-refractivity contribution < 1.29 is 9.90 Å². The van der Waals surface area contributed by atoms with Gasteiger partial charge in [-0.3, -0.25) is 4.79 Å². The Balaban J connectivity index is 2.34. The second-order valence-electron chi connectivity index (χ2n) is 3.93. The molecule has 0 spiro atoms. The molecule has 0 unspecified atom stereocenters. The van der Waals surface area contributed by atoms with E-state index in [0.29, 0.717) is 0 Å². The number of hydrogen-bond acceptors (Lipinski definition) is 2. The van der Waals surface area contributed by atoms with E-state index in [4.69, 9.17) is 5.11 Å². The number of rotatable bonds is 3. The molecule has 1 aromatic heterocycles. The Bertz CT molecular complexity index is 426. The highest BCUT2D eigenvalue weighted by Crippen LogP contribution is 2.50. The molecule has 0 bridgehead atoms. The maximum Gasteiger partial charge on any atom is 0.323 e. The first-order chi connectivity index (χ1) is 6.53. The summed E-state index contributed by atoms with van der Waals surface area (Å²) in [6, 6.07) is 0. The molecule has 1 aliphatic rings. The van der Waals surface area contributed by atoms with Crippen molar-refractivity contribution >= 4 is 5.97 Å². The fraction of sp³-hybridized carbons (Fsp3) is 0.556. The van der Waals surface area contributed by atoms with Crippen molar-refractivity contribution in [3.05, 3.63) is 21.9 Å². The summed E-state index contributed by atoms with van der Waals surface area (Å²) in [5, 5.41) is 8.75. The molecule has 1 fully saturated rings. The Kier molecular flexibility index (Phi) is 1.77. The lowest BCUT2D eigenvalue weighted by Crippen LogP contribution is -2.15. The molecule has 0 aliphatic heterocycles. The van der Waals surface area contributed by atoms with Crippen LogP contribution in [-0.4, -0.2) is 21.0 Å². The minimum absolute atomic E-state index is 0.0988. The van der Waals surface area contributed by atoms with Crippen LogP contribution >= 0.6 is 0 Å². The van der Waals surface area contributed by atoms with E-state index >= 15 is 0 Å². The predicted molar refractivity (Wildman–Crippen MR) is 49.3 cm³/mol. The van der Waals surface area contributed by atoms with E-state index in [1.807, 2.05) is 0 Å². The third kappa shape index (κ3) is 1.34. The van der Waals surface area contributed by atoms with Crippen LogP contribution in [0.2, 0.25) is 0 Å². The number of carboxylic acids is 1. The highest BCUT2D eigenvalue weighted by atomic mass is 16.4. The lowest BCUT2D eigenvalue weighted by atomic mass is 9.97. The zero-order valence-corrected chi connectivity index (χ0v) is 7.89. The van der Waals surface area contributed by atoms with Crippen molar-refractivity contribution in [2.24, 2.45) is 0 Å². The summed E-state index contributed by atoms with van der Waals surface area (Å²) in [7, 11) is 0. The average Bonchev–Trinajstić information content (AvgIpc) is 2.72. The summed E-state index contributed by atoms with van der Waals surface area (Å²) in [5.74, 6) is -0.816. The molecule has 0 amide bonds. The molecule has 14 heavy (non-hydrogen) atoms. The number of carboxylic acid groups (broad SMARTS) is 1. The second-order valence-corrected chi connectivity index (χ2v) is 3.93. The zero-order valence-electron chi connectivity index (χ0n) is 7.89. The molecule has 3 N–H and O–H groups in total. The van der Waals surface area contributed by atoms with E-state index in [2.05, 4.69) is 9.97 Å². The molecule has 2 rings (SSSR count). The topological polar surface area (TPSA) is 86.0 Å². The minimum Gasteiger partial charge on any atom is -0.481 e. The van der Waals surface area contributed by atoms with Crippen LogP contribution in [0.3, 0.4) is 0 Å². The van der Waals surface area contributed by atoms with E-state index in [1.165, 1.54) is 0 Å². The summed E-state index contributed by atoms with van der Waals surface area (Å²) in [5.41, 5.74) is 0.961. The molecule has 0 aromatic carbocycles. The molecular formula is C9H12N2O3. The van der Waals surface area contributed by atoms with Gasteiger partial charge in [-0.1, -0.05) is 0 Å². The highest BCUT2D eigenvalue weighted by Gasteiger charge is 2.48. The van der Waals surface area contributed by atoms with Crippen LogP contribution in [0.1, 0.15) is 30.7 Å². The van der Waals surface area contributed by atoms with Crippen LogP contribution in [-0.2, 0) is 10.2 Å². The van der Waals surface area contributed by atoms with Gasteiger partial charge in [0, 0.05) is 16.8 Å². The first-order valence-corrected chi connectivity index (χ1v) is 4.55. The van der Waals surface area contributed by atoms with E-state index in [-0.39, 0.29) is 17.5 Å². The van der Waals surface area contributed by atoms with Crippen molar-refractivity contribution in [2.75, 3.05) is 0 Å². The van der Waals surface area contributed by atoms with Crippen LogP contribution in [0.4, 0.5) is 0 Å². The lowest BCUT2D eigenvalue weighted by Gasteiger charge is -2.10. The zero-order chi connectivity index (χ0) is 10.3. The van der Waals surface area contributed by atoms with Gasteiger partial charge in [0.25, 0.3) is 0 Å². The third-order valence-electron chi connectivity index (χ3n) is 2.79. The summed E-state index contributed by atoms with van der Waals surface area (Å²) in [6.45, 7) is 1.79. The molecule has 5 nitrogen and oxygen atoms in total. The SMILES string of the molecule is Cc1[nH]c(=O)[nH]c1C1(CC(=O)O)CC1. The fourth-order valence-electron chi connectivity index (χ4n) is 1.96. The smallest absolute Gasteiger partial charge is 0.323 e. The number of aryl methyl sites for hydroxylation is 1. The van der Waals surface area contributed by atoms with Crippen molar-refractivity contribution in [1.29, 1.82) is 0 Å². The third-order valence-corrected chi connectivity index (χ3v) is 2.79. The van der Waals surface area contributed by atoms with Crippen molar-refractivity contribution in [1.82, 2.24) is 9.97 Å². The molecular weight excluding hydrogens is 184 g/mol. The van der Waals surface area contributed by atoms with Gasteiger partial charge < -0.3 is 15.1 Å². The average molecular weight is 196 g/mol. The first kappa shape index (κ1) is 9.05. The van der Waals surface area contributed by atoms with Crippen LogP contribution in [0.15, 0.2) is 4.79 Å². The van der Waals surface area contributed by atoms with Crippen molar-refractivity contribution in [3.63, 3.8) is 0 Å². The van der Waals surface area contributed by atoms with Gasteiger partial charge in [0.15, 0.2) is 0 Å². The Labute approximate surface area is 80.2 Å². The molecule has 1 aliphatic carbocycles. The maximum atomic E-state index is 11.0. The standard InChI is InChI=1S/C9H12N2O3/c1-5-7(11-8(14)10-5)9(2-3-9)4-6(12)13/h2-4H2,1H3,(H,12,13)(H2,10,11,14). The lowest BCUT2D eigenvalue weighted by molar-refractivity contribution is -0.137. The van der Waals surface area contributed by atoms with Crippen LogP contribution < -0.4 is 5.69 Å². The molecule has 1 aromatic rings. The Hall–Kier alpha value is -1.52. The summed E-state index contributed by atoms with van der Waals surface area (Å²) >= 11 is 0. The monoisotopic (exact) mass is 196 g/mol. The molecule has 0 atom stereocenters. The second kappa shape index (κ2) is 2.73. The van der Waals surface area contributed by atoms with E-state index in [1.54, 1.807) is 6.92 Å². The van der Waals surface area contributed by atoms with Crippen LogP contribution in [0.5, 0.6) is 0 Å². The van der Waals surface area contributed by atoms with Crippen molar-refractivity contribution in [2.45, 2.75) is 31.6 Å². The molecule has 5 heteroatoms. The highest BCUT2D eigenvalue weighted by molar-refractivity contribution is 5.70. The number of aromatic amines is 2. The Morgan fingerprint density at radius 1 is 1.50 bits per heavy atom. The van der Waals surface area contributed by atoms with Crippen LogP contribution in [0, 0.1) is 6.92 Å². The van der Waals surface area contributed by atoms with Crippen molar-refractivity contribution in [3.8, 4) is 0 Å². The summed E-state index contributed by atoms with van der Waals surface area (Å²) < 4.78 is 0. The number of imidazole rings is 1. The number of hydrogen-bond donors (Lipinski definition) is 3. The van der Waals surface area contributed by atoms with E-state index < -0.39 is 5.97 Å². The number of carbonyl (C=O) groups is 1. The van der Waals surface area contributed by atoms with Gasteiger partial charge in [-0.05, 0) is 19.8 Å².